The number of imide groups is 1. The summed E-state index contributed by atoms with van der Waals surface area (Å²) in [6.07, 6.45) is 0. The van der Waals surface area contributed by atoms with Gasteiger partial charge in [-0.05, 0) is 29.8 Å². The van der Waals surface area contributed by atoms with Crippen LogP contribution in [0, 0.1) is 0 Å². The van der Waals surface area contributed by atoms with Gasteiger partial charge in [0.15, 0.2) is 0 Å². The van der Waals surface area contributed by atoms with Crippen molar-refractivity contribution in [2.24, 2.45) is 0 Å². The lowest BCUT2D eigenvalue weighted by molar-refractivity contribution is 0.0642. The summed E-state index contributed by atoms with van der Waals surface area (Å²) in [6.45, 7) is 6.25. The lowest BCUT2D eigenvalue weighted by Crippen LogP contribution is -2.29. The Hall–Kier alpha value is -3.39. The fourth-order valence-electron chi connectivity index (χ4n) is 3.07. The molecule has 3 amide bonds. The van der Waals surface area contributed by atoms with E-state index in [2.05, 4.69) is 15.5 Å². The standard InChI is InChI=1S/C22H20N4O3S/c1-22(2,3)20-24-25-21(30-20)23-17(27)14-10-8-13(9-11-14)12-26-18(28)15-6-4-5-7-16(15)19(26)29/h4-11H,12H2,1-3H3,(H,23,25,27). The van der Waals surface area contributed by atoms with Crippen LogP contribution in [0.4, 0.5) is 5.13 Å². The van der Waals surface area contributed by atoms with Crippen molar-refractivity contribution in [3.8, 4) is 0 Å². The Balaban J connectivity index is 1.43. The molecule has 8 heteroatoms. The predicted molar refractivity (Wildman–Crippen MR) is 114 cm³/mol. The predicted octanol–water partition coefficient (Wildman–Crippen LogP) is 3.88. The van der Waals surface area contributed by atoms with E-state index in [1.165, 1.54) is 16.2 Å². The van der Waals surface area contributed by atoms with Gasteiger partial charge in [-0.15, -0.1) is 10.2 Å². The van der Waals surface area contributed by atoms with Crippen LogP contribution in [0.15, 0.2) is 48.5 Å². The molecule has 0 aliphatic carbocycles. The Labute approximate surface area is 177 Å². The SMILES string of the molecule is CC(C)(C)c1nnc(NC(=O)c2ccc(CN3C(=O)c4ccccc4C3=O)cc2)s1. The molecule has 30 heavy (non-hydrogen) atoms. The Bertz CT molecular complexity index is 1110. The van der Waals surface area contributed by atoms with Crippen LogP contribution in [-0.4, -0.2) is 32.8 Å². The molecule has 1 aliphatic heterocycles. The van der Waals surface area contributed by atoms with Gasteiger partial charge < -0.3 is 0 Å². The molecule has 4 rings (SSSR count). The van der Waals surface area contributed by atoms with Crippen molar-refractivity contribution in [1.82, 2.24) is 15.1 Å². The van der Waals surface area contributed by atoms with Gasteiger partial charge in [0.05, 0.1) is 17.7 Å². The number of hydrogen-bond acceptors (Lipinski definition) is 6. The molecule has 0 atom stereocenters. The summed E-state index contributed by atoms with van der Waals surface area (Å²) < 4.78 is 0. The van der Waals surface area contributed by atoms with Crippen LogP contribution in [-0.2, 0) is 12.0 Å². The molecule has 0 spiro atoms. The summed E-state index contributed by atoms with van der Waals surface area (Å²) in [4.78, 5) is 38.7. The molecule has 3 aromatic rings. The van der Waals surface area contributed by atoms with Crippen molar-refractivity contribution in [3.63, 3.8) is 0 Å². The van der Waals surface area contributed by atoms with Crippen LogP contribution in [0.5, 0.6) is 0 Å². The quantitative estimate of drug-likeness (QED) is 0.647. The van der Waals surface area contributed by atoms with Crippen LogP contribution in [0.3, 0.4) is 0 Å². The maximum absolute atomic E-state index is 12.5. The second-order valence-corrected chi connectivity index (χ2v) is 9.03. The van der Waals surface area contributed by atoms with E-state index in [-0.39, 0.29) is 29.7 Å². The van der Waals surface area contributed by atoms with Gasteiger partial charge in [0, 0.05) is 11.0 Å². The number of aromatic nitrogens is 2. The number of hydrogen-bond donors (Lipinski definition) is 1. The number of fused-ring (bicyclic) bond motifs is 1. The highest BCUT2D eigenvalue weighted by atomic mass is 32.1. The lowest BCUT2D eigenvalue weighted by atomic mass is 9.98. The molecular formula is C22H20N4O3S. The first kappa shape index (κ1) is 19.9. The first-order chi connectivity index (χ1) is 14.2. The molecule has 7 nitrogen and oxygen atoms in total. The first-order valence-corrected chi connectivity index (χ1v) is 10.3. The number of amides is 3. The van der Waals surface area contributed by atoms with E-state index in [0.717, 1.165) is 10.6 Å². The third-order valence-corrected chi connectivity index (χ3v) is 5.99. The number of rotatable bonds is 4. The molecule has 0 radical (unpaired) electrons. The fourth-order valence-corrected chi connectivity index (χ4v) is 3.87. The van der Waals surface area contributed by atoms with E-state index in [1.807, 2.05) is 20.8 Å². The van der Waals surface area contributed by atoms with Gasteiger partial charge in [-0.25, -0.2) is 0 Å². The minimum absolute atomic E-state index is 0.133. The number of anilines is 1. The van der Waals surface area contributed by atoms with Gasteiger partial charge in [0.2, 0.25) is 5.13 Å². The van der Waals surface area contributed by atoms with Gasteiger partial charge >= 0.3 is 0 Å². The number of carbonyl (C=O) groups is 3. The number of benzene rings is 2. The van der Waals surface area contributed by atoms with Crippen LogP contribution in [0.25, 0.3) is 0 Å². The van der Waals surface area contributed by atoms with E-state index in [0.29, 0.717) is 21.8 Å². The highest BCUT2D eigenvalue weighted by Crippen LogP contribution is 2.28. The second-order valence-electron chi connectivity index (χ2n) is 8.06. The monoisotopic (exact) mass is 420 g/mol. The summed E-state index contributed by atoms with van der Waals surface area (Å²) in [5.41, 5.74) is 1.92. The van der Waals surface area contributed by atoms with E-state index in [1.54, 1.807) is 48.5 Å². The molecule has 2 aromatic carbocycles. The summed E-state index contributed by atoms with van der Waals surface area (Å²) >= 11 is 1.35. The molecule has 0 saturated carbocycles. The van der Waals surface area contributed by atoms with E-state index < -0.39 is 0 Å². The van der Waals surface area contributed by atoms with Gasteiger partial charge in [-0.2, -0.15) is 0 Å². The smallest absolute Gasteiger partial charge is 0.261 e. The average Bonchev–Trinajstić information content (AvgIpc) is 3.28. The summed E-state index contributed by atoms with van der Waals surface area (Å²) in [5, 5.41) is 12.2. The largest absolute Gasteiger partial charge is 0.296 e. The van der Waals surface area contributed by atoms with Crippen molar-refractivity contribution < 1.29 is 14.4 Å². The summed E-state index contributed by atoms with van der Waals surface area (Å²) in [7, 11) is 0. The van der Waals surface area contributed by atoms with Crippen LogP contribution >= 0.6 is 11.3 Å². The lowest BCUT2D eigenvalue weighted by Gasteiger charge is -2.14. The van der Waals surface area contributed by atoms with Crippen LogP contribution < -0.4 is 5.32 Å². The Morgan fingerprint density at radius 3 is 2.10 bits per heavy atom. The second kappa shape index (κ2) is 7.46. The van der Waals surface area contributed by atoms with Crippen molar-refractivity contribution >= 4 is 34.2 Å². The molecule has 0 fully saturated rings. The normalized spacial score (nSPS) is 13.5. The Morgan fingerprint density at radius 1 is 0.967 bits per heavy atom. The van der Waals surface area contributed by atoms with Gasteiger partial charge in [0.1, 0.15) is 5.01 Å². The molecule has 1 aromatic heterocycles. The highest BCUT2D eigenvalue weighted by Gasteiger charge is 2.34. The molecule has 1 aliphatic rings. The van der Waals surface area contributed by atoms with Gasteiger partial charge in [0.25, 0.3) is 17.7 Å². The van der Waals surface area contributed by atoms with Crippen molar-refractivity contribution in [2.75, 3.05) is 5.32 Å². The molecule has 2 heterocycles. The zero-order valence-corrected chi connectivity index (χ0v) is 17.6. The third-order valence-electron chi connectivity index (χ3n) is 4.72. The summed E-state index contributed by atoms with van der Waals surface area (Å²) in [6, 6.07) is 13.6. The molecule has 0 saturated heterocycles. The highest BCUT2D eigenvalue weighted by molar-refractivity contribution is 7.15. The van der Waals surface area contributed by atoms with Gasteiger partial charge in [-0.3, -0.25) is 24.6 Å². The Morgan fingerprint density at radius 2 is 1.57 bits per heavy atom. The van der Waals surface area contributed by atoms with Crippen LogP contribution in [0.2, 0.25) is 0 Å². The van der Waals surface area contributed by atoms with E-state index >= 15 is 0 Å². The van der Waals surface area contributed by atoms with Crippen molar-refractivity contribution in [1.29, 1.82) is 0 Å². The minimum atomic E-state index is -0.302. The number of carbonyl (C=O) groups excluding carboxylic acids is 3. The Kier molecular flexibility index (Phi) is 4.95. The molecular weight excluding hydrogens is 400 g/mol. The summed E-state index contributed by atoms with van der Waals surface area (Å²) in [5.74, 6) is -0.898. The molecule has 152 valence electrons. The average molecular weight is 420 g/mol. The molecule has 1 N–H and O–H groups in total. The molecule has 0 unspecified atom stereocenters. The fraction of sp³-hybridized carbons (Fsp3) is 0.227. The topological polar surface area (TPSA) is 92.3 Å². The zero-order valence-electron chi connectivity index (χ0n) is 16.8. The number of nitrogens with zero attached hydrogens (tertiary/aromatic N) is 3. The van der Waals surface area contributed by atoms with Crippen molar-refractivity contribution in [2.45, 2.75) is 32.7 Å². The van der Waals surface area contributed by atoms with Gasteiger partial charge in [-0.1, -0.05) is 56.4 Å². The van der Waals surface area contributed by atoms with E-state index in [9.17, 15) is 14.4 Å². The zero-order chi connectivity index (χ0) is 21.5. The maximum Gasteiger partial charge on any atom is 0.261 e. The van der Waals surface area contributed by atoms with E-state index in [4.69, 9.17) is 0 Å². The minimum Gasteiger partial charge on any atom is -0.296 e. The maximum atomic E-state index is 12.5. The van der Waals surface area contributed by atoms with Crippen molar-refractivity contribution in [3.05, 3.63) is 75.8 Å². The third kappa shape index (κ3) is 3.73. The van der Waals surface area contributed by atoms with Crippen LogP contribution in [0.1, 0.15) is 62.4 Å². The number of nitrogens with one attached hydrogen (secondary N) is 1. The molecule has 0 bridgehead atoms. The first-order valence-electron chi connectivity index (χ1n) is 9.43.